The molecule has 0 aromatic heterocycles. The Morgan fingerprint density at radius 2 is 1.40 bits per heavy atom. The Balaban J connectivity index is 1.27. The second-order valence-electron chi connectivity index (χ2n) is 12.9. The van der Waals surface area contributed by atoms with Gasteiger partial charge in [-0.1, -0.05) is 68.3 Å². The summed E-state index contributed by atoms with van der Waals surface area (Å²) in [7, 11) is 0. The summed E-state index contributed by atoms with van der Waals surface area (Å²) >= 11 is 6.08. The van der Waals surface area contributed by atoms with E-state index in [-0.39, 0.29) is 18.2 Å². The second kappa shape index (κ2) is 16.1. The molecular weight excluding hydrogens is 594 g/mol. The number of benzene rings is 2. The molecule has 45 heavy (non-hydrogen) atoms. The fourth-order valence-corrected chi connectivity index (χ4v) is 6.72. The third-order valence-corrected chi connectivity index (χ3v) is 9.37. The van der Waals surface area contributed by atoms with E-state index in [1.807, 2.05) is 25.1 Å². The maximum absolute atomic E-state index is 13.8. The fourth-order valence-electron chi connectivity index (χ4n) is 6.53. The largest absolute Gasteiger partial charge is 0.456 e. The molecular formula is C36H48ClNO7. The summed E-state index contributed by atoms with van der Waals surface area (Å²) in [4.78, 5) is 27.7. The van der Waals surface area contributed by atoms with Crippen molar-refractivity contribution < 1.29 is 33.6 Å². The van der Waals surface area contributed by atoms with E-state index in [9.17, 15) is 14.7 Å². The van der Waals surface area contributed by atoms with E-state index < -0.39 is 23.8 Å². The van der Waals surface area contributed by atoms with Crippen molar-refractivity contribution in [1.82, 2.24) is 5.32 Å². The number of carbonyl (C=O) groups excluding carboxylic acids is 2. The molecule has 9 heteroatoms. The Kier molecular flexibility index (Phi) is 12.0. The van der Waals surface area contributed by atoms with Crippen molar-refractivity contribution in [3.8, 4) is 11.5 Å². The third-order valence-electron chi connectivity index (χ3n) is 9.14. The minimum Gasteiger partial charge on any atom is -0.456 e. The van der Waals surface area contributed by atoms with Gasteiger partial charge in [-0.15, -0.1) is 0 Å². The van der Waals surface area contributed by atoms with Gasteiger partial charge in [-0.3, -0.25) is 0 Å². The zero-order valence-electron chi connectivity index (χ0n) is 26.4. The van der Waals surface area contributed by atoms with Crippen molar-refractivity contribution in [2.45, 2.75) is 133 Å². The molecule has 0 radical (unpaired) electrons. The molecule has 8 nitrogen and oxygen atoms in total. The van der Waals surface area contributed by atoms with Crippen molar-refractivity contribution >= 4 is 23.5 Å². The quantitative estimate of drug-likeness (QED) is 0.205. The number of hydrogen-bond donors (Lipinski definition) is 2. The highest BCUT2D eigenvalue weighted by atomic mass is 35.5. The molecule has 2 aliphatic carbocycles. The van der Waals surface area contributed by atoms with Gasteiger partial charge in [0.25, 0.3) is 0 Å². The van der Waals surface area contributed by atoms with Gasteiger partial charge in [0.15, 0.2) is 11.5 Å². The number of aliphatic hydroxyl groups excluding tert-OH is 1. The zero-order valence-corrected chi connectivity index (χ0v) is 27.2. The van der Waals surface area contributed by atoms with Crippen LogP contribution in [0.2, 0.25) is 5.02 Å². The topological polar surface area (TPSA) is 103 Å². The number of hydrogen-bond acceptors (Lipinski definition) is 8. The van der Waals surface area contributed by atoms with Gasteiger partial charge < -0.3 is 29.4 Å². The molecule has 0 bridgehead atoms. The van der Waals surface area contributed by atoms with E-state index in [1.54, 1.807) is 24.3 Å². The molecule has 5 rings (SSSR count). The fraction of sp³-hybridized carbons (Fsp3) is 0.611. The van der Waals surface area contributed by atoms with Crippen molar-refractivity contribution in [2.24, 2.45) is 0 Å². The smallest absolute Gasteiger partial charge is 0.453 e. The van der Waals surface area contributed by atoms with E-state index >= 15 is 0 Å². The summed E-state index contributed by atoms with van der Waals surface area (Å²) in [5.74, 6) is -3.39. The second-order valence-corrected chi connectivity index (χ2v) is 13.4. The SMILES string of the molecule is C[C@H](Cc1ccc2c(c1)OC(C(=O)OC1CCCCCCC1)(C(=O)OC1CCCCCCC1)O2)NCC(O)c1cccc(Cl)c1. The van der Waals surface area contributed by atoms with E-state index in [0.717, 1.165) is 88.2 Å². The van der Waals surface area contributed by atoms with Gasteiger partial charge in [0.05, 0.1) is 6.10 Å². The van der Waals surface area contributed by atoms with Crippen LogP contribution >= 0.6 is 11.6 Å². The lowest BCUT2D eigenvalue weighted by atomic mass is 9.98. The minimum atomic E-state index is -2.32. The van der Waals surface area contributed by atoms with Gasteiger partial charge in [-0.25, -0.2) is 9.59 Å². The van der Waals surface area contributed by atoms with E-state index in [1.165, 1.54) is 12.8 Å². The third kappa shape index (κ3) is 9.14. The monoisotopic (exact) mass is 641 g/mol. The van der Waals surface area contributed by atoms with Crippen LogP contribution in [0.3, 0.4) is 0 Å². The van der Waals surface area contributed by atoms with Gasteiger partial charge in [-0.2, -0.15) is 0 Å². The molecule has 0 amide bonds. The molecule has 1 heterocycles. The van der Waals surface area contributed by atoms with Crippen LogP contribution < -0.4 is 14.8 Å². The van der Waals surface area contributed by atoms with Crippen LogP contribution in [0, 0.1) is 0 Å². The lowest BCUT2D eigenvalue weighted by Gasteiger charge is -2.29. The molecule has 2 saturated carbocycles. The van der Waals surface area contributed by atoms with Crippen LogP contribution in [0.4, 0.5) is 0 Å². The van der Waals surface area contributed by atoms with Crippen molar-refractivity contribution in [1.29, 1.82) is 0 Å². The van der Waals surface area contributed by atoms with Crippen molar-refractivity contribution in [3.63, 3.8) is 0 Å². The molecule has 2 N–H and O–H groups in total. The number of nitrogens with one attached hydrogen (secondary N) is 1. The highest BCUT2D eigenvalue weighted by Gasteiger charge is 2.60. The van der Waals surface area contributed by atoms with Gasteiger partial charge in [0, 0.05) is 17.6 Å². The Hall–Kier alpha value is -2.81. The Bertz CT molecular complexity index is 1230. The number of aliphatic hydroxyl groups is 1. The first kappa shape index (κ1) is 33.6. The summed E-state index contributed by atoms with van der Waals surface area (Å²) in [6, 6.07) is 12.6. The lowest BCUT2D eigenvalue weighted by Crippen LogP contribution is -2.57. The number of ether oxygens (including phenoxy) is 4. The Morgan fingerprint density at radius 1 is 0.844 bits per heavy atom. The van der Waals surface area contributed by atoms with Crippen LogP contribution in [-0.2, 0) is 25.5 Å². The summed E-state index contributed by atoms with van der Waals surface area (Å²) in [6.07, 6.45) is 13.1. The van der Waals surface area contributed by atoms with Gasteiger partial charge in [0.2, 0.25) is 0 Å². The average molecular weight is 642 g/mol. The first-order valence-corrected chi connectivity index (χ1v) is 17.3. The molecule has 2 aromatic rings. The van der Waals surface area contributed by atoms with Crippen LogP contribution in [0.1, 0.15) is 114 Å². The summed E-state index contributed by atoms with van der Waals surface area (Å²) in [5.41, 5.74) is 1.67. The molecule has 0 spiro atoms. The minimum absolute atomic E-state index is 0.0116. The van der Waals surface area contributed by atoms with Crippen LogP contribution in [-0.4, -0.2) is 47.6 Å². The van der Waals surface area contributed by atoms with E-state index in [4.69, 9.17) is 30.5 Å². The average Bonchev–Trinajstić information content (AvgIpc) is 3.39. The number of esters is 2. The van der Waals surface area contributed by atoms with E-state index in [0.29, 0.717) is 29.5 Å². The normalized spacial score (nSPS) is 20.6. The molecule has 2 fully saturated rings. The number of rotatable bonds is 10. The summed E-state index contributed by atoms with van der Waals surface area (Å²) in [6.45, 7) is 2.38. The highest BCUT2D eigenvalue weighted by Crippen LogP contribution is 2.42. The van der Waals surface area contributed by atoms with E-state index in [2.05, 4.69) is 5.32 Å². The van der Waals surface area contributed by atoms with Crippen molar-refractivity contribution in [3.05, 3.63) is 58.6 Å². The number of fused-ring (bicyclic) bond motifs is 1. The predicted molar refractivity (Wildman–Crippen MR) is 172 cm³/mol. The standard InChI is InChI=1S/C36H48ClNO7/c1-25(38-24-31(39)27-13-12-14-28(37)23-27)21-26-19-20-32-33(22-26)45-36(44-32,34(40)42-29-15-8-4-2-5-9-16-29)35(41)43-30-17-10-6-3-7-11-18-30/h12-14,19-20,22-23,25,29-31,38-39H,2-11,15-18,21,24H2,1H3/t25-,31?/m1/s1. The van der Waals surface area contributed by atoms with Crippen LogP contribution in [0.25, 0.3) is 0 Å². The first-order valence-electron chi connectivity index (χ1n) is 16.9. The number of halogens is 1. The summed E-state index contributed by atoms with van der Waals surface area (Å²) < 4.78 is 24.2. The zero-order chi connectivity index (χ0) is 31.6. The molecule has 2 atom stereocenters. The van der Waals surface area contributed by atoms with Gasteiger partial charge in [-0.05, 0) is 100 Å². The molecule has 3 aliphatic rings. The molecule has 2 aromatic carbocycles. The molecule has 0 saturated heterocycles. The summed E-state index contributed by atoms with van der Waals surface area (Å²) in [5, 5.41) is 14.5. The number of carbonyl (C=O) groups is 2. The van der Waals surface area contributed by atoms with Crippen molar-refractivity contribution in [2.75, 3.05) is 6.54 Å². The molecule has 1 aliphatic heterocycles. The predicted octanol–water partition coefficient (Wildman–Crippen LogP) is 7.37. The van der Waals surface area contributed by atoms with Crippen LogP contribution in [0.15, 0.2) is 42.5 Å². The lowest BCUT2D eigenvalue weighted by molar-refractivity contribution is -0.209. The van der Waals surface area contributed by atoms with Gasteiger partial charge >= 0.3 is 17.7 Å². The molecule has 1 unspecified atom stereocenters. The first-order chi connectivity index (χ1) is 21.8. The Morgan fingerprint density at radius 3 is 1.98 bits per heavy atom. The van der Waals surface area contributed by atoms with Crippen LogP contribution in [0.5, 0.6) is 11.5 Å². The molecule has 246 valence electrons. The maximum Gasteiger partial charge on any atom is 0.453 e. The van der Waals surface area contributed by atoms with Gasteiger partial charge in [0.1, 0.15) is 12.2 Å². The maximum atomic E-state index is 13.8. The highest BCUT2D eigenvalue weighted by molar-refractivity contribution is 6.30. The Labute approximate surface area is 272 Å².